The number of amides is 2. The van der Waals surface area contributed by atoms with Gasteiger partial charge in [0.05, 0.1) is 0 Å². The second-order valence-corrected chi connectivity index (χ2v) is 4.81. The molecule has 2 amide bonds. The highest BCUT2D eigenvalue weighted by Crippen LogP contribution is 2.17. The average molecular weight is 236 g/mol. The first-order valence-electron chi connectivity index (χ1n) is 5.74. The van der Waals surface area contributed by atoms with Crippen LogP contribution in [0.25, 0.3) is 0 Å². The number of carbonyl (C=O) groups excluding carboxylic acids is 1. The quantitative estimate of drug-likeness (QED) is 0.734. The van der Waals surface area contributed by atoms with Gasteiger partial charge in [0.15, 0.2) is 0 Å². The van der Waals surface area contributed by atoms with Gasteiger partial charge in [-0.25, -0.2) is 4.79 Å². The van der Waals surface area contributed by atoms with E-state index in [4.69, 9.17) is 5.11 Å². The number of nitrogens with one attached hydrogen (secondary N) is 2. The maximum atomic E-state index is 11.6. The monoisotopic (exact) mass is 236 g/mol. The van der Waals surface area contributed by atoms with Gasteiger partial charge < -0.3 is 15.7 Å². The van der Waals surface area contributed by atoms with Gasteiger partial charge in [-0.1, -0.05) is 32.0 Å². The maximum absolute atomic E-state index is 11.6. The minimum absolute atomic E-state index is 0.0945. The Morgan fingerprint density at radius 1 is 1.29 bits per heavy atom. The van der Waals surface area contributed by atoms with E-state index in [1.807, 2.05) is 44.2 Å². The van der Waals surface area contributed by atoms with Crippen molar-refractivity contribution in [3.63, 3.8) is 0 Å². The molecule has 0 unspecified atom stereocenters. The van der Waals surface area contributed by atoms with Crippen LogP contribution in [0.15, 0.2) is 30.3 Å². The summed E-state index contributed by atoms with van der Waals surface area (Å²) in [5.41, 5.74) is 0.674. The summed E-state index contributed by atoms with van der Waals surface area (Å²) in [6.07, 6.45) is 0.665. The van der Waals surface area contributed by atoms with E-state index in [1.54, 1.807) is 0 Å². The Kier molecular flexibility index (Phi) is 4.97. The van der Waals surface area contributed by atoms with Gasteiger partial charge in [-0.2, -0.15) is 0 Å². The lowest BCUT2D eigenvalue weighted by molar-refractivity contribution is 0.204. The van der Waals surface area contributed by atoms with E-state index in [9.17, 15) is 4.79 Å². The highest BCUT2D eigenvalue weighted by Gasteiger charge is 2.17. The standard InChI is InChI=1S/C13H20N2O2/c1-13(2,8-9-16)10-14-12(17)15-11-6-4-3-5-7-11/h3-7,16H,8-10H2,1-2H3,(H2,14,15,17). The third-order valence-electron chi connectivity index (χ3n) is 2.55. The van der Waals surface area contributed by atoms with Gasteiger partial charge in [-0.3, -0.25) is 0 Å². The molecule has 1 aromatic carbocycles. The molecule has 0 aliphatic heterocycles. The average Bonchev–Trinajstić information content (AvgIpc) is 2.28. The molecular weight excluding hydrogens is 216 g/mol. The van der Waals surface area contributed by atoms with E-state index in [-0.39, 0.29) is 18.1 Å². The number of hydrogen-bond donors (Lipinski definition) is 3. The molecule has 0 aliphatic carbocycles. The number of aliphatic hydroxyl groups is 1. The molecule has 4 heteroatoms. The van der Waals surface area contributed by atoms with E-state index in [2.05, 4.69) is 10.6 Å². The van der Waals surface area contributed by atoms with Crippen molar-refractivity contribution >= 4 is 11.7 Å². The molecule has 0 bridgehead atoms. The zero-order valence-electron chi connectivity index (χ0n) is 10.4. The molecule has 94 valence electrons. The normalized spacial score (nSPS) is 11.0. The highest BCUT2D eigenvalue weighted by molar-refractivity contribution is 5.89. The first-order valence-corrected chi connectivity index (χ1v) is 5.74. The molecule has 0 aliphatic rings. The molecule has 1 aromatic rings. The predicted octanol–water partition coefficient (Wildman–Crippen LogP) is 2.22. The molecule has 17 heavy (non-hydrogen) atoms. The van der Waals surface area contributed by atoms with Crippen molar-refractivity contribution in [3.05, 3.63) is 30.3 Å². The number of rotatable bonds is 5. The summed E-state index contributed by atoms with van der Waals surface area (Å²) in [5.74, 6) is 0. The molecule has 0 saturated carbocycles. The van der Waals surface area contributed by atoms with Crippen molar-refractivity contribution in [1.82, 2.24) is 5.32 Å². The number of hydrogen-bond acceptors (Lipinski definition) is 2. The topological polar surface area (TPSA) is 61.4 Å². The first-order chi connectivity index (χ1) is 8.03. The molecule has 0 spiro atoms. The van der Waals surface area contributed by atoms with Gasteiger partial charge in [0.1, 0.15) is 0 Å². The molecule has 3 N–H and O–H groups in total. The number of urea groups is 1. The first kappa shape index (κ1) is 13.5. The van der Waals surface area contributed by atoms with E-state index in [1.165, 1.54) is 0 Å². The van der Waals surface area contributed by atoms with Crippen LogP contribution in [0.2, 0.25) is 0 Å². The summed E-state index contributed by atoms with van der Waals surface area (Å²) in [5, 5.41) is 14.4. The smallest absolute Gasteiger partial charge is 0.319 e. The molecule has 0 fully saturated rings. The Hall–Kier alpha value is -1.55. The van der Waals surface area contributed by atoms with Crippen LogP contribution in [0, 0.1) is 5.41 Å². The Morgan fingerprint density at radius 3 is 2.53 bits per heavy atom. The number of aliphatic hydroxyl groups excluding tert-OH is 1. The SMILES string of the molecule is CC(C)(CCO)CNC(=O)Nc1ccccc1. The van der Waals surface area contributed by atoms with E-state index in [0.29, 0.717) is 13.0 Å². The largest absolute Gasteiger partial charge is 0.396 e. The molecule has 4 nitrogen and oxygen atoms in total. The minimum atomic E-state index is -0.220. The molecule has 0 heterocycles. The highest BCUT2D eigenvalue weighted by atomic mass is 16.3. The number of anilines is 1. The fourth-order valence-electron chi connectivity index (χ4n) is 1.41. The summed E-state index contributed by atoms with van der Waals surface area (Å²) < 4.78 is 0. The van der Waals surface area contributed by atoms with Crippen molar-refractivity contribution in [2.45, 2.75) is 20.3 Å². The van der Waals surface area contributed by atoms with Gasteiger partial charge in [-0.15, -0.1) is 0 Å². The Labute approximate surface area is 102 Å². The minimum Gasteiger partial charge on any atom is -0.396 e. The van der Waals surface area contributed by atoms with Gasteiger partial charge in [-0.05, 0) is 24.0 Å². The summed E-state index contributed by atoms with van der Waals surface area (Å²) in [7, 11) is 0. The maximum Gasteiger partial charge on any atom is 0.319 e. The van der Waals surface area contributed by atoms with E-state index >= 15 is 0 Å². The van der Waals surface area contributed by atoms with Crippen molar-refractivity contribution in [1.29, 1.82) is 0 Å². The third kappa shape index (κ3) is 5.36. The zero-order chi connectivity index (χ0) is 12.7. The lowest BCUT2D eigenvalue weighted by Gasteiger charge is -2.23. The second-order valence-electron chi connectivity index (χ2n) is 4.81. The van der Waals surface area contributed by atoms with Crippen LogP contribution in [-0.2, 0) is 0 Å². The fourth-order valence-corrected chi connectivity index (χ4v) is 1.41. The molecule has 0 atom stereocenters. The second kappa shape index (κ2) is 6.25. The Bertz CT molecular complexity index is 350. The van der Waals surface area contributed by atoms with Crippen LogP contribution in [0.5, 0.6) is 0 Å². The van der Waals surface area contributed by atoms with Crippen molar-refractivity contribution in [3.8, 4) is 0 Å². The Morgan fingerprint density at radius 2 is 1.94 bits per heavy atom. The zero-order valence-corrected chi connectivity index (χ0v) is 10.4. The number of benzene rings is 1. The molecule has 0 saturated heterocycles. The van der Waals surface area contributed by atoms with Gasteiger partial charge in [0, 0.05) is 18.8 Å². The van der Waals surface area contributed by atoms with Gasteiger partial charge >= 0.3 is 6.03 Å². The Balaban J connectivity index is 2.36. The van der Waals surface area contributed by atoms with Crippen LogP contribution >= 0.6 is 0 Å². The number of carbonyl (C=O) groups is 1. The van der Waals surface area contributed by atoms with Crippen molar-refractivity contribution in [2.75, 3.05) is 18.5 Å². The summed E-state index contributed by atoms with van der Waals surface area (Å²) >= 11 is 0. The van der Waals surface area contributed by atoms with Crippen LogP contribution in [0.1, 0.15) is 20.3 Å². The summed E-state index contributed by atoms with van der Waals surface area (Å²) in [4.78, 5) is 11.6. The van der Waals surface area contributed by atoms with E-state index in [0.717, 1.165) is 5.69 Å². The summed E-state index contributed by atoms with van der Waals surface area (Å²) in [6, 6.07) is 9.07. The van der Waals surface area contributed by atoms with Gasteiger partial charge in [0.25, 0.3) is 0 Å². The lowest BCUT2D eigenvalue weighted by Crippen LogP contribution is -2.37. The fraction of sp³-hybridized carbons (Fsp3) is 0.462. The third-order valence-corrected chi connectivity index (χ3v) is 2.55. The molecular formula is C13H20N2O2. The predicted molar refractivity (Wildman–Crippen MR) is 68.9 cm³/mol. The van der Waals surface area contributed by atoms with Crippen LogP contribution < -0.4 is 10.6 Å². The van der Waals surface area contributed by atoms with Crippen LogP contribution in [0.3, 0.4) is 0 Å². The molecule has 0 aromatic heterocycles. The van der Waals surface area contributed by atoms with Crippen LogP contribution in [-0.4, -0.2) is 24.3 Å². The van der Waals surface area contributed by atoms with Crippen LogP contribution in [0.4, 0.5) is 10.5 Å². The molecule has 0 radical (unpaired) electrons. The summed E-state index contributed by atoms with van der Waals surface area (Å²) in [6.45, 7) is 4.68. The van der Waals surface area contributed by atoms with Crippen molar-refractivity contribution < 1.29 is 9.90 Å². The lowest BCUT2D eigenvalue weighted by atomic mass is 9.90. The van der Waals surface area contributed by atoms with E-state index < -0.39 is 0 Å². The number of para-hydroxylation sites is 1. The van der Waals surface area contributed by atoms with Gasteiger partial charge in [0.2, 0.25) is 0 Å². The van der Waals surface area contributed by atoms with Crippen molar-refractivity contribution in [2.24, 2.45) is 5.41 Å². The molecule has 1 rings (SSSR count).